The van der Waals surface area contributed by atoms with Gasteiger partial charge in [0.25, 0.3) is 0 Å². The van der Waals surface area contributed by atoms with Gasteiger partial charge in [-0.2, -0.15) is 0 Å². The second kappa shape index (κ2) is 17.1. The summed E-state index contributed by atoms with van der Waals surface area (Å²) in [6.07, 6.45) is 5.27. The van der Waals surface area contributed by atoms with Crippen molar-refractivity contribution in [3.05, 3.63) is 0 Å². The molecule has 10 nitrogen and oxygen atoms in total. The van der Waals surface area contributed by atoms with Crippen molar-refractivity contribution >= 4 is 0 Å². The van der Waals surface area contributed by atoms with Crippen LogP contribution in [0.1, 0.15) is 38.5 Å². The summed E-state index contributed by atoms with van der Waals surface area (Å²) >= 11 is 0. The Balaban J connectivity index is 1.25. The summed E-state index contributed by atoms with van der Waals surface area (Å²) in [7, 11) is 0. The van der Waals surface area contributed by atoms with E-state index in [1.807, 2.05) is 0 Å². The second-order valence-corrected chi connectivity index (χ2v) is 8.59. The first-order valence-corrected chi connectivity index (χ1v) is 12.4. The van der Waals surface area contributed by atoms with Crippen LogP contribution in [0.3, 0.4) is 0 Å². The number of hydrogen-bond acceptors (Lipinski definition) is 10. The highest BCUT2D eigenvalue weighted by Crippen LogP contribution is 2.14. The highest BCUT2D eigenvalue weighted by molar-refractivity contribution is 4.68. The number of rotatable bonds is 19. The van der Waals surface area contributed by atoms with Gasteiger partial charge >= 0.3 is 0 Å². The Kier molecular flexibility index (Phi) is 14.1. The predicted molar refractivity (Wildman–Crippen MR) is 117 cm³/mol. The fourth-order valence-electron chi connectivity index (χ4n) is 3.56. The van der Waals surface area contributed by atoms with Crippen molar-refractivity contribution in [1.29, 1.82) is 0 Å². The minimum absolute atomic E-state index is 0.118. The van der Waals surface area contributed by atoms with Crippen LogP contribution in [0.5, 0.6) is 0 Å². The lowest BCUT2D eigenvalue weighted by atomic mass is 10.2. The van der Waals surface area contributed by atoms with Crippen molar-refractivity contribution in [3.63, 3.8) is 0 Å². The molecule has 3 aliphatic rings. The summed E-state index contributed by atoms with van der Waals surface area (Å²) in [5.74, 6) is 0. The summed E-state index contributed by atoms with van der Waals surface area (Å²) < 4.78 is 50.3. The van der Waals surface area contributed by atoms with Gasteiger partial charge in [-0.3, -0.25) is 0 Å². The van der Waals surface area contributed by atoms with Gasteiger partial charge in [-0.15, -0.1) is 0 Å². The third-order valence-electron chi connectivity index (χ3n) is 5.48. The van der Waals surface area contributed by atoms with E-state index in [0.717, 1.165) is 58.3 Å². The predicted octanol–water partition coefficient (Wildman–Crippen LogP) is 1.27. The Morgan fingerprint density at radius 2 is 1.33 bits per heavy atom. The lowest BCUT2D eigenvalue weighted by Crippen LogP contribution is -2.32. The SMILES string of the molecule is OC(COCC(COCCOC1CCCCO1)OCCOC1CCCCO1)COCC1CO1. The minimum atomic E-state index is -0.694. The van der Waals surface area contributed by atoms with Crippen molar-refractivity contribution in [2.45, 2.75) is 69.4 Å². The molecule has 0 radical (unpaired) electrons. The van der Waals surface area contributed by atoms with Crippen LogP contribution >= 0.6 is 0 Å². The smallest absolute Gasteiger partial charge is 0.157 e. The zero-order valence-corrected chi connectivity index (χ0v) is 19.7. The van der Waals surface area contributed by atoms with Gasteiger partial charge in [-0.25, -0.2) is 0 Å². The van der Waals surface area contributed by atoms with Gasteiger partial charge in [0.2, 0.25) is 0 Å². The first kappa shape index (κ1) is 27.2. The lowest BCUT2D eigenvalue weighted by Gasteiger charge is -2.24. The molecule has 5 unspecified atom stereocenters. The number of hydrogen-bond donors (Lipinski definition) is 1. The van der Waals surface area contributed by atoms with Crippen molar-refractivity contribution in [1.82, 2.24) is 0 Å². The van der Waals surface area contributed by atoms with E-state index in [0.29, 0.717) is 46.2 Å². The third-order valence-corrected chi connectivity index (χ3v) is 5.48. The molecule has 33 heavy (non-hydrogen) atoms. The van der Waals surface area contributed by atoms with Crippen molar-refractivity contribution in [2.24, 2.45) is 0 Å². The maximum Gasteiger partial charge on any atom is 0.157 e. The standard InChI is InChI=1S/C23H42O10/c24-19(14-27-17-21-18-33-21)13-26-16-20(28-11-12-32-23-6-2-4-8-30-23)15-25-9-10-31-22-5-1-3-7-29-22/h19-24H,1-18H2. The maximum atomic E-state index is 10.00. The van der Waals surface area contributed by atoms with Crippen molar-refractivity contribution in [3.8, 4) is 0 Å². The summed E-state index contributed by atoms with van der Waals surface area (Å²) in [6.45, 7) is 5.60. The van der Waals surface area contributed by atoms with E-state index < -0.39 is 6.10 Å². The van der Waals surface area contributed by atoms with E-state index in [2.05, 4.69) is 0 Å². The van der Waals surface area contributed by atoms with E-state index in [1.54, 1.807) is 0 Å². The van der Waals surface area contributed by atoms with Gasteiger partial charge in [0.1, 0.15) is 18.3 Å². The highest BCUT2D eigenvalue weighted by atomic mass is 16.7. The molecule has 0 aromatic carbocycles. The number of epoxide rings is 1. The Hall–Kier alpha value is -0.400. The third kappa shape index (κ3) is 13.3. The average Bonchev–Trinajstić information content (AvgIpc) is 3.67. The first-order chi connectivity index (χ1) is 16.3. The molecule has 1 N–H and O–H groups in total. The summed E-state index contributed by atoms with van der Waals surface area (Å²) in [5, 5.41) is 10.00. The van der Waals surface area contributed by atoms with Crippen molar-refractivity contribution in [2.75, 3.05) is 79.3 Å². The number of ether oxygens (including phenoxy) is 9. The minimum Gasteiger partial charge on any atom is -0.388 e. The van der Waals surface area contributed by atoms with Gasteiger partial charge in [0.15, 0.2) is 12.6 Å². The molecule has 0 amide bonds. The van der Waals surface area contributed by atoms with E-state index in [4.69, 9.17) is 42.6 Å². The molecular formula is C23H42O10. The average molecular weight is 479 g/mol. The fourth-order valence-corrected chi connectivity index (χ4v) is 3.56. The molecule has 0 bridgehead atoms. The topological polar surface area (TPSA) is 107 Å². The highest BCUT2D eigenvalue weighted by Gasteiger charge is 2.23. The van der Waals surface area contributed by atoms with Gasteiger partial charge < -0.3 is 47.7 Å². The maximum absolute atomic E-state index is 10.00. The Morgan fingerprint density at radius 1 is 0.697 bits per heavy atom. The summed E-state index contributed by atoms with van der Waals surface area (Å²) in [4.78, 5) is 0. The Morgan fingerprint density at radius 3 is 1.97 bits per heavy atom. The van der Waals surface area contributed by atoms with Crippen LogP contribution < -0.4 is 0 Å². The Labute approximate surface area is 197 Å². The molecule has 0 saturated carbocycles. The molecule has 5 atom stereocenters. The number of aliphatic hydroxyl groups is 1. The van der Waals surface area contributed by atoms with E-state index >= 15 is 0 Å². The molecule has 3 saturated heterocycles. The van der Waals surface area contributed by atoms with E-state index in [1.165, 1.54) is 0 Å². The zero-order valence-electron chi connectivity index (χ0n) is 19.7. The monoisotopic (exact) mass is 478 g/mol. The normalized spacial score (nSPS) is 27.4. The van der Waals surface area contributed by atoms with Crippen LogP contribution in [0.25, 0.3) is 0 Å². The quantitative estimate of drug-likeness (QED) is 0.215. The van der Waals surface area contributed by atoms with Gasteiger partial charge in [0.05, 0.1) is 66.1 Å². The van der Waals surface area contributed by atoms with Crippen molar-refractivity contribution < 1.29 is 47.7 Å². The molecule has 0 aromatic heterocycles. The van der Waals surface area contributed by atoms with Crippen LogP contribution in [-0.2, 0) is 42.6 Å². The molecule has 3 rings (SSSR count). The zero-order chi connectivity index (χ0) is 23.0. The van der Waals surface area contributed by atoms with Crippen LogP contribution in [0.15, 0.2) is 0 Å². The lowest BCUT2D eigenvalue weighted by molar-refractivity contribution is -0.179. The second-order valence-electron chi connectivity index (χ2n) is 8.59. The molecule has 3 fully saturated rings. The van der Waals surface area contributed by atoms with Gasteiger partial charge in [-0.1, -0.05) is 0 Å². The molecule has 0 aromatic rings. The van der Waals surface area contributed by atoms with Gasteiger partial charge in [0, 0.05) is 13.2 Å². The van der Waals surface area contributed by atoms with E-state index in [9.17, 15) is 5.11 Å². The molecule has 0 aliphatic carbocycles. The largest absolute Gasteiger partial charge is 0.388 e. The van der Waals surface area contributed by atoms with Crippen LogP contribution in [0.4, 0.5) is 0 Å². The molecule has 194 valence electrons. The van der Waals surface area contributed by atoms with Gasteiger partial charge in [-0.05, 0) is 38.5 Å². The molecule has 3 heterocycles. The summed E-state index contributed by atoms with van der Waals surface area (Å²) in [6, 6.07) is 0. The first-order valence-electron chi connectivity index (χ1n) is 12.4. The number of aliphatic hydroxyl groups excluding tert-OH is 1. The summed E-state index contributed by atoms with van der Waals surface area (Å²) in [5.41, 5.74) is 0. The van der Waals surface area contributed by atoms with Crippen LogP contribution in [0, 0.1) is 0 Å². The molecular weight excluding hydrogens is 436 g/mol. The van der Waals surface area contributed by atoms with Crippen LogP contribution in [-0.4, -0.2) is 115 Å². The fraction of sp³-hybridized carbons (Fsp3) is 1.00. The van der Waals surface area contributed by atoms with E-state index in [-0.39, 0.29) is 38.0 Å². The molecule has 0 spiro atoms. The molecule has 3 aliphatic heterocycles. The molecule has 10 heteroatoms. The Bertz CT molecular complexity index is 466. The van der Waals surface area contributed by atoms with Crippen LogP contribution in [0.2, 0.25) is 0 Å².